The number of anilines is 1. The maximum Gasteiger partial charge on any atom is 0.138 e. The zero-order valence-corrected chi connectivity index (χ0v) is 10.8. The summed E-state index contributed by atoms with van der Waals surface area (Å²) in [5, 5.41) is 4.58. The van der Waals surface area contributed by atoms with Gasteiger partial charge in [0, 0.05) is 10.9 Å². The number of fused-ring (bicyclic) bond motifs is 1. The van der Waals surface area contributed by atoms with Crippen LogP contribution in [0, 0.1) is 0 Å². The number of thiophene rings is 1. The Morgan fingerprint density at radius 3 is 2.88 bits per heavy atom. The van der Waals surface area contributed by atoms with Crippen LogP contribution in [-0.4, -0.2) is 16.0 Å². The summed E-state index contributed by atoms with van der Waals surface area (Å²) in [7, 11) is 0. The second-order valence-corrected chi connectivity index (χ2v) is 5.08. The molecule has 0 saturated carbocycles. The van der Waals surface area contributed by atoms with E-state index in [0.29, 0.717) is 6.04 Å². The van der Waals surface area contributed by atoms with Crippen LogP contribution in [0.15, 0.2) is 12.4 Å². The Hall–Kier alpha value is -1.16. The van der Waals surface area contributed by atoms with Crippen molar-refractivity contribution in [2.75, 3.05) is 5.32 Å². The minimum atomic E-state index is 0.447. The molecule has 0 fully saturated rings. The number of nitrogens with one attached hydrogen (secondary N) is 1. The average molecular weight is 235 g/mol. The highest BCUT2D eigenvalue weighted by Gasteiger charge is 2.09. The molecule has 2 aromatic rings. The lowest BCUT2D eigenvalue weighted by Crippen LogP contribution is -2.14. The minimum Gasteiger partial charge on any atom is -0.367 e. The van der Waals surface area contributed by atoms with E-state index in [-0.39, 0.29) is 0 Å². The molecule has 0 aliphatic heterocycles. The summed E-state index contributed by atoms with van der Waals surface area (Å²) in [6.07, 6.45) is 3.79. The number of hydrogen-bond donors (Lipinski definition) is 1. The van der Waals surface area contributed by atoms with Crippen molar-refractivity contribution < 1.29 is 0 Å². The molecule has 86 valence electrons. The van der Waals surface area contributed by atoms with Gasteiger partial charge in [-0.3, -0.25) is 0 Å². The third kappa shape index (κ3) is 2.16. The monoisotopic (exact) mass is 235 g/mol. The first-order chi connectivity index (χ1) is 7.74. The number of nitrogens with zero attached hydrogens (tertiary/aromatic N) is 2. The third-order valence-corrected chi connectivity index (χ3v) is 3.91. The molecule has 0 aliphatic rings. The molecular weight excluding hydrogens is 218 g/mol. The lowest BCUT2D eigenvalue weighted by molar-refractivity contribution is 0.760. The summed E-state index contributed by atoms with van der Waals surface area (Å²) in [5.41, 5.74) is 0. The van der Waals surface area contributed by atoms with Gasteiger partial charge in [-0.1, -0.05) is 13.8 Å². The van der Waals surface area contributed by atoms with Crippen molar-refractivity contribution in [2.45, 2.75) is 39.7 Å². The van der Waals surface area contributed by atoms with Crippen molar-refractivity contribution >= 4 is 27.4 Å². The predicted molar refractivity (Wildman–Crippen MR) is 70.2 cm³/mol. The van der Waals surface area contributed by atoms with E-state index >= 15 is 0 Å². The average Bonchev–Trinajstić information content (AvgIpc) is 2.73. The summed E-state index contributed by atoms with van der Waals surface area (Å²) >= 11 is 1.76. The van der Waals surface area contributed by atoms with Gasteiger partial charge >= 0.3 is 0 Å². The molecule has 4 heteroatoms. The Morgan fingerprint density at radius 2 is 2.19 bits per heavy atom. The maximum atomic E-state index is 4.33. The molecular formula is C12H17N3S. The van der Waals surface area contributed by atoms with Gasteiger partial charge in [-0.2, -0.15) is 0 Å². The van der Waals surface area contributed by atoms with E-state index in [1.807, 2.05) is 0 Å². The summed E-state index contributed by atoms with van der Waals surface area (Å²) in [5.74, 6) is 0.968. The van der Waals surface area contributed by atoms with E-state index in [1.165, 1.54) is 4.88 Å². The van der Waals surface area contributed by atoms with Crippen LogP contribution in [0.2, 0.25) is 0 Å². The van der Waals surface area contributed by atoms with Gasteiger partial charge in [0.25, 0.3) is 0 Å². The highest BCUT2D eigenvalue weighted by molar-refractivity contribution is 7.18. The van der Waals surface area contributed by atoms with Crippen LogP contribution >= 0.6 is 11.3 Å². The van der Waals surface area contributed by atoms with Crippen molar-refractivity contribution in [3.63, 3.8) is 0 Å². The van der Waals surface area contributed by atoms with Crippen LogP contribution in [0.4, 0.5) is 5.82 Å². The quantitative estimate of drug-likeness (QED) is 0.881. The summed E-state index contributed by atoms with van der Waals surface area (Å²) < 4.78 is 0. The molecule has 16 heavy (non-hydrogen) atoms. The van der Waals surface area contributed by atoms with Gasteiger partial charge in [0.1, 0.15) is 17.0 Å². The van der Waals surface area contributed by atoms with Crippen LogP contribution in [0.5, 0.6) is 0 Å². The summed E-state index contributed by atoms with van der Waals surface area (Å²) in [4.78, 5) is 11.1. The molecule has 0 radical (unpaired) electrons. The van der Waals surface area contributed by atoms with Crippen molar-refractivity contribution in [1.82, 2.24) is 9.97 Å². The Balaban J connectivity index is 2.40. The molecule has 2 aromatic heterocycles. The smallest absolute Gasteiger partial charge is 0.138 e. The third-order valence-electron chi connectivity index (χ3n) is 2.72. The van der Waals surface area contributed by atoms with E-state index in [2.05, 4.69) is 42.1 Å². The lowest BCUT2D eigenvalue weighted by atomic mass is 10.2. The molecule has 0 unspecified atom stereocenters. The lowest BCUT2D eigenvalue weighted by Gasteiger charge is -2.12. The number of aryl methyl sites for hydroxylation is 1. The van der Waals surface area contributed by atoms with Gasteiger partial charge in [0.05, 0.1) is 5.39 Å². The van der Waals surface area contributed by atoms with Crippen molar-refractivity contribution in [2.24, 2.45) is 0 Å². The Kier molecular flexibility index (Phi) is 3.39. The van der Waals surface area contributed by atoms with E-state index in [9.17, 15) is 0 Å². The normalized spacial score (nSPS) is 12.9. The second kappa shape index (κ2) is 4.78. The van der Waals surface area contributed by atoms with E-state index in [4.69, 9.17) is 0 Å². The topological polar surface area (TPSA) is 37.8 Å². The molecule has 0 aromatic carbocycles. The molecule has 0 bridgehead atoms. The minimum absolute atomic E-state index is 0.447. The number of hydrogen-bond acceptors (Lipinski definition) is 4. The molecule has 2 heterocycles. The highest BCUT2D eigenvalue weighted by Crippen LogP contribution is 2.28. The van der Waals surface area contributed by atoms with Crippen molar-refractivity contribution in [1.29, 1.82) is 0 Å². The Morgan fingerprint density at radius 1 is 1.38 bits per heavy atom. The first kappa shape index (κ1) is 11.3. The summed E-state index contributed by atoms with van der Waals surface area (Å²) in [6.45, 7) is 6.50. The Labute approximate surface area is 99.9 Å². The zero-order chi connectivity index (χ0) is 11.5. The molecule has 0 saturated heterocycles. The van der Waals surface area contributed by atoms with Gasteiger partial charge in [-0.15, -0.1) is 11.3 Å². The first-order valence-corrected chi connectivity index (χ1v) is 6.56. The van der Waals surface area contributed by atoms with Gasteiger partial charge in [-0.25, -0.2) is 9.97 Å². The van der Waals surface area contributed by atoms with Crippen LogP contribution in [0.3, 0.4) is 0 Å². The van der Waals surface area contributed by atoms with E-state index < -0.39 is 0 Å². The highest BCUT2D eigenvalue weighted by atomic mass is 32.1. The number of aromatic nitrogens is 2. The fourth-order valence-corrected chi connectivity index (χ4v) is 2.47. The second-order valence-electron chi connectivity index (χ2n) is 3.96. The van der Waals surface area contributed by atoms with Gasteiger partial charge < -0.3 is 5.32 Å². The SMILES string of the molecule is CCc1cc2c(N[C@@H](C)CC)ncnc2s1. The maximum absolute atomic E-state index is 4.33. The standard InChI is InChI=1S/C12H17N3S/c1-4-8(3)15-11-10-6-9(5-2)16-12(10)14-7-13-11/h6-8H,4-5H2,1-3H3,(H,13,14,15)/t8-/m0/s1. The zero-order valence-electron chi connectivity index (χ0n) is 9.95. The van der Waals surface area contributed by atoms with Crippen LogP contribution in [0.1, 0.15) is 32.1 Å². The molecule has 0 aliphatic carbocycles. The molecule has 2 rings (SSSR count). The fourth-order valence-electron chi connectivity index (χ4n) is 1.53. The number of rotatable bonds is 4. The molecule has 1 N–H and O–H groups in total. The van der Waals surface area contributed by atoms with Gasteiger partial charge in [-0.05, 0) is 25.8 Å². The first-order valence-electron chi connectivity index (χ1n) is 5.74. The van der Waals surface area contributed by atoms with Crippen LogP contribution in [-0.2, 0) is 6.42 Å². The summed E-state index contributed by atoms with van der Waals surface area (Å²) in [6, 6.07) is 2.65. The molecule has 3 nitrogen and oxygen atoms in total. The predicted octanol–water partition coefficient (Wildman–Crippen LogP) is 3.46. The fraction of sp³-hybridized carbons (Fsp3) is 0.500. The van der Waals surface area contributed by atoms with E-state index in [1.54, 1.807) is 17.7 Å². The van der Waals surface area contributed by atoms with Crippen LogP contribution in [0.25, 0.3) is 10.2 Å². The van der Waals surface area contributed by atoms with Crippen molar-refractivity contribution in [3.05, 3.63) is 17.3 Å². The van der Waals surface area contributed by atoms with E-state index in [0.717, 1.165) is 28.9 Å². The van der Waals surface area contributed by atoms with Crippen LogP contribution < -0.4 is 5.32 Å². The van der Waals surface area contributed by atoms with Gasteiger partial charge in [0.15, 0.2) is 0 Å². The molecule has 1 atom stereocenters. The Bertz CT molecular complexity index is 478. The molecule has 0 spiro atoms. The van der Waals surface area contributed by atoms with Gasteiger partial charge in [0.2, 0.25) is 0 Å². The molecule has 0 amide bonds. The van der Waals surface area contributed by atoms with Crippen molar-refractivity contribution in [3.8, 4) is 0 Å². The largest absolute Gasteiger partial charge is 0.367 e.